The van der Waals surface area contributed by atoms with Crippen molar-refractivity contribution in [3.8, 4) is 0 Å². The Morgan fingerprint density at radius 2 is 2.33 bits per heavy atom. The molecular formula is C10H15N3O2. The van der Waals surface area contributed by atoms with Crippen molar-refractivity contribution in [1.82, 2.24) is 15.5 Å². The monoisotopic (exact) mass is 209 g/mol. The van der Waals surface area contributed by atoms with Gasteiger partial charge in [0.2, 0.25) is 0 Å². The molecule has 2 N–H and O–H groups in total. The van der Waals surface area contributed by atoms with Crippen LogP contribution in [-0.2, 0) is 0 Å². The highest BCUT2D eigenvalue weighted by Crippen LogP contribution is 2.09. The molecule has 1 aromatic rings. The molecule has 1 aromatic heterocycles. The Morgan fingerprint density at radius 3 is 2.80 bits per heavy atom. The molecule has 5 heteroatoms. The van der Waals surface area contributed by atoms with Gasteiger partial charge in [-0.15, -0.1) is 0 Å². The minimum absolute atomic E-state index is 0.0895. The van der Waals surface area contributed by atoms with Crippen molar-refractivity contribution in [2.45, 2.75) is 25.8 Å². The summed E-state index contributed by atoms with van der Waals surface area (Å²) < 4.78 is 0. The van der Waals surface area contributed by atoms with Gasteiger partial charge in [-0.1, -0.05) is 6.92 Å². The summed E-state index contributed by atoms with van der Waals surface area (Å²) in [6.45, 7) is 3.61. The van der Waals surface area contributed by atoms with Crippen molar-refractivity contribution in [3.05, 3.63) is 24.0 Å². The van der Waals surface area contributed by atoms with Gasteiger partial charge in [-0.05, 0) is 19.4 Å². The predicted octanol–water partition coefficient (Wildman–Crippen LogP) is 0.367. The van der Waals surface area contributed by atoms with Gasteiger partial charge in [-0.25, -0.2) is 0 Å². The largest absolute Gasteiger partial charge is 0.394 e. The van der Waals surface area contributed by atoms with Crippen molar-refractivity contribution in [1.29, 1.82) is 0 Å². The molecule has 1 heterocycles. The minimum atomic E-state index is -0.583. The van der Waals surface area contributed by atoms with E-state index in [1.54, 1.807) is 13.0 Å². The maximum Gasteiger partial charge on any atom is 0.253 e. The van der Waals surface area contributed by atoms with Gasteiger partial charge >= 0.3 is 0 Å². The lowest BCUT2D eigenvalue weighted by Gasteiger charge is -2.27. The molecule has 0 fully saturated rings. The van der Waals surface area contributed by atoms with Gasteiger partial charge < -0.3 is 10.4 Å². The fraction of sp³-hybridized carbons (Fsp3) is 0.500. The summed E-state index contributed by atoms with van der Waals surface area (Å²) in [4.78, 5) is 11.7. The molecular weight excluding hydrogens is 194 g/mol. The van der Waals surface area contributed by atoms with Crippen molar-refractivity contribution in [2.24, 2.45) is 0 Å². The summed E-state index contributed by atoms with van der Waals surface area (Å²) in [5.41, 5.74) is -0.140. The zero-order valence-corrected chi connectivity index (χ0v) is 8.90. The molecule has 0 saturated heterocycles. The van der Waals surface area contributed by atoms with Gasteiger partial charge in [0.05, 0.1) is 30.1 Å². The number of nitrogens with zero attached hydrogens (tertiary/aromatic N) is 2. The highest BCUT2D eigenvalue weighted by atomic mass is 16.3. The third kappa shape index (κ3) is 2.99. The third-order valence-corrected chi connectivity index (χ3v) is 2.39. The molecule has 1 unspecified atom stereocenters. The van der Waals surface area contributed by atoms with E-state index in [1.165, 1.54) is 12.4 Å². The van der Waals surface area contributed by atoms with Gasteiger partial charge in [-0.3, -0.25) is 4.79 Å². The van der Waals surface area contributed by atoms with Crippen LogP contribution in [0.5, 0.6) is 0 Å². The molecule has 0 saturated carbocycles. The first-order valence-corrected chi connectivity index (χ1v) is 4.81. The predicted molar refractivity (Wildman–Crippen MR) is 55.3 cm³/mol. The number of aliphatic hydroxyl groups excluding tert-OH is 1. The fourth-order valence-corrected chi connectivity index (χ4v) is 1.01. The SMILES string of the molecule is CCC(C)(CO)NC(=O)c1ccnnc1. The lowest BCUT2D eigenvalue weighted by molar-refractivity contribution is 0.0847. The van der Waals surface area contributed by atoms with Crippen LogP contribution in [0.4, 0.5) is 0 Å². The van der Waals surface area contributed by atoms with Crippen LogP contribution in [0.1, 0.15) is 30.6 Å². The number of nitrogens with one attached hydrogen (secondary N) is 1. The topological polar surface area (TPSA) is 75.1 Å². The van der Waals surface area contributed by atoms with E-state index >= 15 is 0 Å². The number of carbonyl (C=O) groups is 1. The second kappa shape index (κ2) is 4.84. The summed E-state index contributed by atoms with van der Waals surface area (Å²) >= 11 is 0. The molecule has 0 aromatic carbocycles. The molecule has 82 valence electrons. The van der Waals surface area contributed by atoms with Crippen molar-refractivity contribution in [3.63, 3.8) is 0 Å². The number of rotatable bonds is 4. The Morgan fingerprint density at radius 1 is 1.60 bits per heavy atom. The van der Waals surface area contributed by atoms with Gasteiger partial charge in [0.25, 0.3) is 5.91 Å². The summed E-state index contributed by atoms with van der Waals surface area (Å²) in [5.74, 6) is -0.247. The summed E-state index contributed by atoms with van der Waals surface area (Å²) in [7, 11) is 0. The highest BCUT2D eigenvalue weighted by Gasteiger charge is 2.23. The molecule has 1 amide bonds. The van der Waals surface area contributed by atoms with E-state index < -0.39 is 5.54 Å². The molecule has 0 aliphatic carbocycles. The number of aliphatic hydroxyl groups is 1. The quantitative estimate of drug-likeness (QED) is 0.751. The van der Waals surface area contributed by atoms with Gasteiger partial charge in [0, 0.05) is 0 Å². The van der Waals surface area contributed by atoms with E-state index in [0.29, 0.717) is 12.0 Å². The van der Waals surface area contributed by atoms with Gasteiger partial charge in [0.15, 0.2) is 0 Å². The van der Waals surface area contributed by atoms with E-state index in [0.717, 1.165) is 0 Å². The average molecular weight is 209 g/mol. The van der Waals surface area contributed by atoms with Crippen LogP contribution in [0.15, 0.2) is 18.5 Å². The maximum absolute atomic E-state index is 11.7. The standard InChI is InChI=1S/C10H15N3O2/c1-3-10(2,7-14)13-9(15)8-4-5-11-12-6-8/h4-6,14H,3,7H2,1-2H3,(H,13,15). The number of hydrogen-bond donors (Lipinski definition) is 2. The minimum Gasteiger partial charge on any atom is -0.394 e. The van der Waals surface area contributed by atoms with Crippen molar-refractivity contribution in [2.75, 3.05) is 6.61 Å². The second-order valence-corrected chi connectivity index (χ2v) is 3.66. The van der Waals surface area contributed by atoms with Crippen LogP contribution >= 0.6 is 0 Å². The van der Waals surface area contributed by atoms with Gasteiger partial charge in [-0.2, -0.15) is 10.2 Å². The number of carbonyl (C=O) groups excluding carboxylic acids is 1. The van der Waals surface area contributed by atoms with Crippen LogP contribution < -0.4 is 5.32 Å². The Labute approximate surface area is 88.5 Å². The molecule has 0 bridgehead atoms. The van der Waals surface area contributed by atoms with Crippen LogP contribution in [-0.4, -0.2) is 33.4 Å². The smallest absolute Gasteiger partial charge is 0.253 e. The molecule has 0 aliphatic rings. The zero-order chi connectivity index (χ0) is 11.3. The maximum atomic E-state index is 11.7. The Kier molecular flexibility index (Phi) is 3.74. The Balaban J connectivity index is 2.72. The summed E-state index contributed by atoms with van der Waals surface area (Å²) in [6, 6.07) is 1.58. The summed E-state index contributed by atoms with van der Waals surface area (Å²) in [6.07, 6.45) is 3.51. The highest BCUT2D eigenvalue weighted by molar-refractivity contribution is 5.94. The lowest BCUT2D eigenvalue weighted by atomic mass is 10.00. The summed E-state index contributed by atoms with van der Waals surface area (Å²) in [5, 5.41) is 19.1. The molecule has 0 aliphatic heterocycles. The molecule has 15 heavy (non-hydrogen) atoms. The molecule has 5 nitrogen and oxygen atoms in total. The van der Waals surface area contributed by atoms with E-state index in [-0.39, 0.29) is 12.5 Å². The molecule has 1 atom stereocenters. The zero-order valence-electron chi connectivity index (χ0n) is 8.90. The lowest BCUT2D eigenvalue weighted by Crippen LogP contribution is -2.48. The normalized spacial score (nSPS) is 14.3. The second-order valence-electron chi connectivity index (χ2n) is 3.66. The van der Waals surface area contributed by atoms with Crippen LogP contribution in [0, 0.1) is 0 Å². The van der Waals surface area contributed by atoms with E-state index in [9.17, 15) is 4.79 Å². The first-order valence-electron chi connectivity index (χ1n) is 4.81. The van der Waals surface area contributed by atoms with Crippen molar-refractivity contribution < 1.29 is 9.90 Å². The first-order chi connectivity index (χ1) is 7.11. The Hall–Kier alpha value is -1.49. The van der Waals surface area contributed by atoms with E-state index in [2.05, 4.69) is 15.5 Å². The first kappa shape index (κ1) is 11.6. The molecule has 0 radical (unpaired) electrons. The third-order valence-electron chi connectivity index (χ3n) is 2.39. The van der Waals surface area contributed by atoms with Crippen LogP contribution in [0.25, 0.3) is 0 Å². The molecule has 0 spiro atoms. The fourth-order valence-electron chi connectivity index (χ4n) is 1.01. The van der Waals surface area contributed by atoms with Gasteiger partial charge in [0.1, 0.15) is 0 Å². The average Bonchev–Trinajstić information content (AvgIpc) is 2.30. The van der Waals surface area contributed by atoms with E-state index in [4.69, 9.17) is 5.11 Å². The number of aromatic nitrogens is 2. The van der Waals surface area contributed by atoms with Crippen LogP contribution in [0.2, 0.25) is 0 Å². The molecule has 1 rings (SSSR count). The van der Waals surface area contributed by atoms with Crippen LogP contribution in [0.3, 0.4) is 0 Å². The van der Waals surface area contributed by atoms with Crippen molar-refractivity contribution >= 4 is 5.91 Å². The van der Waals surface area contributed by atoms with E-state index in [1.807, 2.05) is 6.92 Å². The number of amides is 1. The number of hydrogen-bond acceptors (Lipinski definition) is 4. The Bertz CT molecular complexity index is 323.